The molecule has 5 rings (SSSR count). The Morgan fingerprint density at radius 3 is 2.38 bits per heavy atom. The summed E-state index contributed by atoms with van der Waals surface area (Å²) >= 11 is 0. The van der Waals surface area contributed by atoms with Gasteiger partial charge in [-0.3, -0.25) is 9.59 Å². The third-order valence-corrected chi connectivity index (χ3v) is 4.95. The smallest absolute Gasteiger partial charge is 0.256 e. The maximum Gasteiger partial charge on any atom is 0.256 e. The van der Waals surface area contributed by atoms with Gasteiger partial charge in [0, 0.05) is 17.5 Å². The highest BCUT2D eigenvalue weighted by Crippen LogP contribution is 2.46. The van der Waals surface area contributed by atoms with Gasteiger partial charge in [0.1, 0.15) is 5.75 Å². The van der Waals surface area contributed by atoms with Crippen LogP contribution in [0.1, 0.15) is 39.1 Å². The van der Waals surface area contributed by atoms with Crippen LogP contribution in [0.5, 0.6) is 5.75 Å². The van der Waals surface area contributed by atoms with E-state index in [9.17, 15) is 9.59 Å². The number of benzene rings is 2. The lowest BCUT2D eigenvalue weighted by Crippen LogP contribution is -2.39. The number of Topliss-reactive ketones (excluding diaryl/α,β-unsaturated/α-hetero) is 2. The van der Waals surface area contributed by atoms with E-state index in [4.69, 9.17) is 9.47 Å². The summed E-state index contributed by atoms with van der Waals surface area (Å²) in [5, 5.41) is 0. The van der Waals surface area contributed by atoms with Crippen molar-refractivity contribution >= 4 is 11.6 Å². The first-order chi connectivity index (χ1) is 11.7. The zero-order chi connectivity index (χ0) is 16.3. The first-order valence-corrected chi connectivity index (χ1v) is 8.04. The van der Waals surface area contributed by atoms with Gasteiger partial charge in [-0.1, -0.05) is 42.5 Å². The molecule has 24 heavy (non-hydrogen) atoms. The fourth-order valence-corrected chi connectivity index (χ4v) is 3.75. The number of hydrogen-bond donors (Lipinski definition) is 0. The number of allylic oxidation sites excluding steroid dienone is 1. The second kappa shape index (κ2) is 4.57. The van der Waals surface area contributed by atoms with Crippen LogP contribution in [-0.2, 0) is 11.2 Å². The summed E-state index contributed by atoms with van der Waals surface area (Å²) in [6, 6.07) is 14.7. The topological polar surface area (TPSA) is 52.6 Å². The Kier molecular flexibility index (Phi) is 2.58. The largest absolute Gasteiger partial charge is 0.452 e. The molecular weight excluding hydrogens is 304 g/mol. The number of para-hydroxylation sites is 1. The molecule has 3 aliphatic rings. The van der Waals surface area contributed by atoms with Gasteiger partial charge in [0.05, 0.1) is 12.0 Å². The minimum Gasteiger partial charge on any atom is -0.452 e. The Balaban J connectivity index is 1.54. The van der Waals surface area contributed by atoms with Crippen molar-refractivity contribution in [3.05, 3.63) is 76.6 Å². The van der Waals surface area contributed by atoms with Crippen molar-refractivity contribution in [1.29, 1.82) is 0 Å². The fourth-order valence-electron chi connectivity index (χ4n) is 3.75. The number of rotatable bonds is 0. The van der Waals surface area contributed by atoms with Crippen LogP contribution in [-0.4, -0.2) is 17.4 Å². The Labute approximate surface area is 138 Å². The van der Waals surface area contributed by atoms with Crippen molar-refractivity contribution in [1.82, 2.24) is 0 Å². The molecule has 0 amide bonds. The summed E-state index contributed by atoms with van der Waals surface area (Å²) in [6.07, 6.45) is 1.73. The summed E-state index contributed by atoms with van der Waals surface area (Å²) in [6.45, 7) is 0. The molecule has 1 spiro atoms. The molecule has 2 aliphatic heterocycles. The van der Waals surface area contributed by atoms with Crippen LogP contribution in [0.2, 0.25) is 0 Å². The van der Waals surface area contributed by atoms with Gasteiger partial charge in [-0.15, -0.1) is 0 Å². The molecule has 1 atom stereocenters. The average molecular weight is 318 g/mol. The van der Waals surface area contributed by atoms with Crippen molar-refractivity contribution in [2.45, 2.75) is 25.0 Å². The number of ether oxygens (including phenoxy) is 2. The van der Waals surface area contributed by atoms with E-state index in [-0.39, 0.29) is 17.3 Å². The lowest BCUT2D eigenvalue weighted by molar-refractivity contribution is -0.147. The summed E-state index contributed by atoms with van der Waals surface area (Å²) in [7, 11) is 0. The molecule has 1 aliphatic carbocycles. The second-order valence-corrected chi connectivity index (χ2v) is 6.41. The van der Waals surface area contributed by atoms with Crippen LogP contribution in [0.3, 0.4) is 0 Å². The molecule has 118 valence electrons. The highest BCUT2D eigenvalue weighted by molar-refractivity contribution is 6.26. The van der Waals surface area contributed by atoms with Gasteiger partial charge >= 0.3 is 0 Å². The lowest BCUT2D eigenvalue weighted by atomic mass is 9.86. The molecule has 0 radical (unpaired) electrons. The van der Waals surface area contributed by atoms with Gasteiger partial charge in [0.25, 0.3) is 5.79 Å². The van der Waals surface area contributed by atoms with Crippen molar-refractivity contribution in [2.75, 3.05) is 0 Å². The predicted molar refractivity (Wildman–Crippen MR) is 86.0 cm³/mol. The van der Waals surface area contributed by atoms with E-state index in [2.05, 4.69) is 0 Å². The van der Waals surface area contributed by atoms with Crippen LogP contribution in [0.25, 0.3) is 0 Å². The van der Waals surface area contributed by atoms with Crippen molar-refractivity contribution < 1.29 is 19.1 Å². The van der Waals surface area contributed by atoms with E-state index >= 15 is 0 Å². The van der Waals surface area contributed by atoms with Crippen LogP contribution in [0.4, 0.5) is 0 Å². The predicted octanol–water partition coefficient (Wildman–Crippen LogP) is 3.46. The Bertz CT molecular complexity index is 891. The SMILES string of the molecule is O=C1C2=C(O[C@]3(CCc4ccccc4O3)C2)C(=O)c2ccccc21. The summed E-state index contributed by atoms with van der Waals surface area (Å²) in [5.74, 6) is -0.356. The van der Waals surface area contributed by atoms with E-state index < -0.39 is 5.79 Å². The lowest BCUT2D eigenvalue weighted by Gasteiger charge is -2.35. The molecular formula is C20H14O4. The van der Waals surface area contributed by atoms with Crippen molar-refractivity contribution in [3.8, 4) is 5.75 Å². The number of hydrogen-bond acceptors (Lipinski definition) is 4. The minimum absolute atomic E-state index is 0.125. The molecule has 4 nitrogen and oxygen atoms in total. The number of carbonyl (C=O) groups excluding carboxylic acids is 2. The van der Waals surface area contributed by atoms with Crippen LogP contribution < -0.4 is 4.74 Å². The van der Waals surface area contributed by atoms with Gasteiger partial charge in [-0.25, -0.2) is 0 Å². The van der Waals surface area contributed by atoms with E-state index in [1.807, 2.05) is 24.3 Å². The van der Waals surface area contributed by atoms with Gasteiger partial charge < -0.3 is 9.47 Å². The molecule has 0 bridgehead atoms. The van der Waals surface area contributed by atoms with Gasteiger partial charge in [0.15, 0.2) is 11.5 Å². The highest BCUT2D eigenvalue weighted by atomic mass is 16.7. The van der Waals surface area contributed by atoms with Crippen LogP contribution >= 0.6 is 0 Å². The molecule has 0 unspecified atom stereocenters. The quantitative estimate of drug-likeness (QED) is 0.746. The van der Waals surface area contributed by atoms with E-state index in [1.165, 1.54) is 0 Å². The average Bonchev–Trinajstić information content (AvgIpc) is 2.99. The van der Waals surface area contributed by atoms with Crippen molar-refractivity contribution in [3.63, 3.8) is 0 Å². The molecule has 4 heteroatoms. The molecule has 2 aromatic rings. The first-order valence-electron chi connectivity index (χ1n) is 8.04. The van der Waals surface area contributed by atoms with E-state index in [0.29, 0.717) is 29.5 Å². The summed E-state index contributed by atoms with van der Waals surface area (Å²) in [5.41, 5.74) is 2.43. The number of ketones is 2. The zero-order valence-electron chi connectivity index (χ0n) is 12.9. The Hall–Kier alpha value is -2.88. The standard InChI is InChI=1S/C20H14O4/c21-17-13-6-2-3-7-14(13)18(22)19-15(17)11-20(24-19)10-9-12-5-1-4-8-16(12)23-20/h1-8H,9-11H2/t20-/m1/s1. The Morgan fingerprint density at radius 2 is 1.54 bits per heavy atom. The van der Waals surface area contributed by atoms with E-state index in [1.54, 1.807) is 24.3 Å². The fraction of sp³-hybridized carbons (Fsp3) is 0.200. The number of aryl methyl sites for hydroxylation is 1. The number of carbonyl (C=O) groups is 2. The third kappa shape index (κ3) is 1.74. The molecule has 0 fully saturated rings. The molecule has 2 heterocycles. The van der Waals surface area contributed by atoms with Gasteiger partial charge in [0.2, 0.25) is 5.78 Å². The highest BCUT2D eigenvalue weighted by Gasteiger charge is 2.51. The maximum atomic E-state index is 12.8. The monoisotopic (exact) mass is 318 g/mol. The molecule has 2 aromatic carbocycles. The summed E-state index contributed by atoms with van der Waals surface area (Å²) in [4.78, 5) is 25.5. The maximum absolute atomic E-state index is 12.8. The van der Waals surface area contributed by atoms with Crippen LogP contribution in [0.15, 0.2) is 59.9 Å². The molecule has 0 saturated heterocycles. The summed E-state index contributed by atoms with van der Waals surface area (Å²) < 4.78 is 12.1. The first kappa shape index (κ1) is 13.5. The number of fused-ring (bicyclic) bond motifs is 2. The van der Waals surface area contributed by atoms with E-state index in [0.717, 1.165) is 17.7 Å². The van der Waals surface area contributed by atoms with Gasteiger partial charge in [-0.05, 0) is 18.1 Å². The normalized spacial score (nSPS) is 24.2. The van der Waals surface area contributed by atoms with Gasteiger partial charge in [-0.2, -0.15) is 0 Å². The molecule has 0 N–H and O–H groups in total. The molecule has 0 saturated carbocycles. The minimum atomic E-state index is -0.938. The zero-order valence-corrected chi connectivity index (χ0v) is 12.9. The van der Waals surface area contributed by atoms with Crippen LogP contribution in [0, 0.1) is 0 Å². The Morgan fingerprint density at radius 1 is 0.833 bits per heavy atom. The van der Waals surface area contributed by atoms with Crippen molar-refractivity contribution in [2.24, 2.45) is 0 Å². The molecule has 0 aromatic heterocycles. The second-order valence-electron chi connectivity index (χ2n) is 6.41. The third-order valence-electron chi connectivity index (χ3n) is 4.95.